The monoisotopic (exact) mass is 242 g/mol. The lowest BCUT2D eigenvalue weighted by Gasteiger charge is -2.26. The van der Waals surface area contributed by atoms with Crippen LogP contribution in [0.4, 0.5) is 5.82 Å². The van der Waals surface area contributed by atoms with Crippen LogP contribution in [0.5, 0.6) is 0 Å². The van der Waals surface area contributed by atoms with Crippen LogP contribution >= 0.6 is 11.6 Å². The van der Waals surface area contributed by atoms with Crippen LogP contribution in [-0.2, 0) is 0 Å². The minimum atomic E-state index is -0.0359. The average molecular weight is 243 g/mol. The van der Waals surface area contributed by atoms with E-state index in [1.54, 1.807) is 6.07 Å². The SMILES string of the molecule is CC(C)(C)CC(NN)c1cc(Cl)cnc1N. The van der Waals surface area contributed by atoms with E-state index in [4.69, 9.17) is 23.2 Å². The second kappa shape index (κ2) is 4.99. The van der Waals surface area contributed by atoms with Gasteiger partial charge in [0.15, 0.2) is 0 Å². The molecule has 0 aliphatic rings. The number of nitrogens with one attached hydrogen (secondary N) is 1. The molecule has 0 aromatic carbocycles. The maximum Gasteiger partial charge on any atom is 0.128 e. The molecule has 16 heavy (non-hydrogen) atoms. The number of hydrazine groups is 1. The van der Waals surface area contributed by atoms with Gasteiger partial charge in [0.25, 0.3) is 0 Å². The average Bonchev–Trinajstić information content (AvgIpc) is 2.17. The van der Waals surface area contributed by atoms with Gasteiger partial charge in [0.1, 0.15) is 5.82 Å². The molecule has 1 rings (SSSR count). The number of nitrogen functional groups attached to an aromatic ring is 1. The van der Waals surface area contributed by atoms with Gasteiger partial charge in [0.2, 0.25) is 0 Å². The topological polar surface area (TPSA) is 77.0 Å². The molecule has 5 heteroatoms. The van der Waals surface area contributed by atoms with E-state index in [2.05, 4.69) is 31.2 Å². The van der Waals surface area contributed by atoms with Gasteiger partial charge in [-0.25, -0.2) is 4.98 Å². The van der Waals surface area contributed by atoms with E-state index in [-0.39, 0.29) is 11.5 Å². The van der Waals surface area contributed by atoms with E-state index < -0.39 is 0 Å². The van der Waals surface area contributed by atoms with E-state index in [0.29, 0.717) is 10.8 Å². The zero-order valence-corrected chi connectivity index (χ0v) is 10.7. The first kappa shape index (κ1) is 13.2. The normalized spacial score (nSPS) is 13.8. The Morgan fingerprint density at radius 1 is 1.50 bits per heavy atom. The number of anilines is 1. The molecule has 0 spiro atoms. The van der Waals surface area contributed by atoms with Crippen LogP contribution < -0.4 is 17.0 Å². The summed E-state index contributed by atoms with van der Waals surface area (Å²) in [6, 6.07) is 1.77. The summed E-state index contributed by atoms with van der Waals surface area (Å²) in [6.45, 7) is 6.43. The highest BCUT2D eigenvalue weighted by atomic mass is 35.5. The lowest BCUT2D eigenvalue weighted by molar-refractivity contribution is 0.313. The molecule has 0 aliphatic heterocycles. The summed E-state index contributed by atoms with van der Waals surface area (Å²) >= 11 is 5.90. The van der Waals surface area contributed by atoms with Crippen molar-refractivity contribution in [3.63, 3.8) is 0 Å². The van der Waals surface area contributed by atoms with Crippen LogP contribution in [-0.4, -0.2) is 4.98 Å². The predicted octanol–water partition coefficient (Wildman–Crippen LogP) is 2.26. The summed E-state index contributed by atoms with van der Waals surface area (Å²) in [5, 5.41) is 0.568. The summed E-state index contributed by atoms with van der Waals surface area (Å²) in [6.07, 6.45) is 2.39. The number of rotatable bonds is 3. The fourth-order valence-corrected chi connectivity index (χ4v) is 1.78. The number of nitrogens with two attached hydrogens (primary N) is 2. The third-order valence-corrected chi connectivity index (χ3v) is 2.52. The van der Waals surface area contributed by atoms with E-state index in [1.807, 2.05) is 0 Å². The van der Waals surface area contributed by atoms with Crippen molar-refractivity contribution in [1.29, 1.82) is 0 Å². The van der Waals surface area contributed by atoms with Crippen molar-refractivity contribution in [3.05, 3.63) is 22.8 Å². The Kier molecular flexibility index (Phi) is 4.13. The first-order valence-electron chi connectivity index (χ1n) is 5.20. The fourth-order valence-electron chi connectivity index (χ4n) is 1.62. The Bertz CT molecular complexity index is 359. The fraction of sp³-hybridized carbons (Fsp3) is 0.545. The number of hydrogen-bond donors (Lipinski definition) is 3. The zero-order valence-electron chi connectivity index (χ0n) is 9.92. The molecule has 1 aromatic heterocycles. The number of aromatic nitrogens is 1. The van der Waals surface area contributed by atoms with Crippen molar-refractivity contribution in [3.8, 4) is 0 Å². The lowest BCUT2D eigenvalue weighted by atomic mass is 9.86. The highest BCUT2D eigenvalue weighted by Crippen LogP contribution is 2.31. The molecule has 0 radical (unpaired) electrons. The third kappa shape index (κ3) is 3.63. The Hall–Kier alpha value is -0.840. The maximum absolute atomic E-state index is 5.90. The first-order chi connectivity index (χ1) is 7.33. The minimum Gasteiger partial charge on any atom is -0.383 e. The highest BCUT2D eigenvalue weighted by Gasteiger charge is 2.21. The summed E-state index contributed by atoms with van der Waals surface area (Å²) in [5.74, 6) is 6.02. The largest absolute Gasteiger partial charge is 0.383 e. The molecule has 0 bridgehead atoms. The van der Waals surface area contributed by atoms with Crippen LogP contribution in [0.15, 0.2) is 12.3 Å². The van der Waals surface area contributed by atoms with E-state index in [0.717, 1.165) is 12.0 Å². The van der Waals surface area contributed by atoms with Gasteiger partial charge in [0, 0.05) is 11.8 Å². The van der Waals surface area contributed by atoms with Crippen LogP contribution in [0.25, 0.3) is 0 Å². The van der Waals surface area contributed by atoms with Crippen molar-refractivity contribution in [2.45, 2.75) is 33.2 Å². The molecule has 1 atom stereocenters. The van der Waals surface area contributed by atoms with Gasteiger partial charge in [-0.05, 0) is 17.9 Å². The van der Waals surface area contributed by atoms with E-state index in [9.17, 15) is 0 Å². The molecule has 90 valence electrons. The molecule has 5 N–H and O–H groups in total. The van der Waals surface area contributed by atoms with Crippen molar-refractivity contribution < 1.29 is 0 Å². The number of halogens is 1. The van der Waals surface area contributed by atoms with Gasteiger partial charge >= 0.3 is 0 Å². The van der Waals surface area contributed by atoms with Gasteiger partial charge in [-0.15, -0.1) is 0 Å². The molecular weight excluding hydrogens is 224 g/mol. The van der Waals surface area contributed by atoms with Crippen molar-refractivity contribution in [1.82, 2.24) is 10.4 Å². The van der Waals surface area contributed by atoms with E-state index in [1.165, 1.54) is 6.20 Å². The summed E-state index contributed by atoms with van der Waals surface area (Å²) < 4.78 is 0. The maximum atomic E-state index is 5.90. The first-order valence-corrected chi connectivity index (χ1v) is 5.58. The van der Waals surface area contributed by atoms with Gasteiger partial charge < -0.3 is 5.73 Å². The molecule has 0 saturated heterocycles. The summed E-state index contributed by atoms with van der Waals surface area (Å²) in [7, 11) is 0. The highest BCUT2D eigenvalue weighted by molar-refractivity contribution is 6.30. The van der Waals surface area contributed by atoms with Crippen molar-refractivity contribution >= 4 is 17.4 Å². The standard InChI is InChI=1S/C11H19ClN4/c1-11(2,3)5-9(16-14)8-4-7(12)6-15-10(8)13/h4,6,9,16H,5,14H2,1-3H3,(H2,13,15). The number of pyridine rings is 1. The molecule has 0 amide bonds. The molecular formula is C11H19ClN4. The van der Waals surface area contributed by atoms with Crippen molar-refractivity contribution in [2.24, 2.45) is 11.3 Å². The second-order valence-corrected chi connectivity index (χ2v) is 5.55. The zero-order chi connectivity index (χ0) is 12.3. The van der Waals surface area contributed by atoms with Crippen molar-refractivity contribution in [2.75, 3.05) is 5.73 Å². The van der Waals surface area contributed by atoms with Crippen LogP contribution in [0.3, 0.4) is 0 Å². The van der Waals surface area contributed by atoms with Crippen LogP contribution in [0, 0.1) is 5.41 Å². The molecule has 1 aromatic rings. The molecule has 0 fully saturated rings. The molecule has 0 aliphatic carbocycles. The Balaban J connectivity index is 2.99. The number of hydrogen-bond acceptors (Lipinski definition) is 4. The Morgan fingerprint density at radius 2 is 2.12 bits per heavy atom. The predicted molar refractivity (Wildman–Crippen MR) is 67.8 cm³/mol. The minimum absolute atomic E-state index is 0.0359. The summed E-state index contributed by atoms with van der Waals surface area (Å²) in [4.78, 5) is 4.03. The Morgan fingerprint density at radius 3 is 2.62 bits per heavy atom. The molecule has 1 heterocycles. The van der Waals surface area contributed by atoms with Gasteiger partial charge in [0.05, 0.1) is 11.1 Å². The summed E-state index contributed by atoms with van der Waals surface area (Å²) in [5.41, 5.74) is 9.58. The quantitative estimate of drug-likeness (QED) is 0.561. The smallest absolute Gasteiger partial charge is 0.128 e. The van der Waals surface area contributed by atoms with Gasteiger partial charge in [-0.2, -0.15) is 0 Å². The molecule has 0 saturated carbocycles. The lowest BCUT2D eigenvalue weighted by Crippen LogP contribution is -2.31. The van der Waals surface area contributed by atoms with Gasteiger partial charge in [-0.3, -0.25) is 11.3 Å². The second-order valence-electron chi connectivity index (χ2n) is 5.11. The van der Waals surface area contributed by atoms with Crippen LogP contribution in [0.2, 0.25) is 5.02 Å². The Labute approximate surface area is 101 Å². The van der Waals surface area contributed by atoms with E-state index >= 15 is 0 Å². The number of nitrogens with zero attached hydrogens (tertiary/aromatic N) is 1. The van der Waals surface area contributed by atoms with Gasteiger partial charge in [-0.1, -0.05) is 32.4 Å². The molecule has 4 nitrogen and oxygen atoms in total. The third-order valence-electron chi connectivity index (χ3n) is 2.31. The molecule has 1 unspecified atom stereocenters. The van der Waals surface area contributed by atoms with Crippen LogP contribution in [0.1, 0.15) is 38.8 Å².